The molecule has 25 heavy (non-hydrogen) atoms. The third kappa shape index (κ3) is 3.19. The Kier molecular flexibility index (Phi) is 4.31. The zero-order valence-corrected chi connectivity index (χ0v) is 15.1. The van der Waals surface area contributed by atoms with E-state index in [1.165, 1.54) is 12.8 Å². The second-order valence-corrected chi connectivity index (χ2v) is 7.32. The van der Waals surface area contributed by atoms with E-state index in [1.54, 1.807) is 4.68 Å². The molecule has 4 rings (SSSR count). The van der Waals surface area contributed by atoms with Gasteiger partial charge in [0.1, 0.15) is 11.6 Å². The minimum absolute atomic E-state index is 0.350. The molecule has 2 aliphatic rings. The second kappa shape index (κ2) is 6.61. The van der Waals surface area contributed by atoms with Gasteiger partial charge in [-0.1, -0.05) is 0 Å². The van der Waals surface area contributed by atoms with Crippen LogP contribution < -0.4 is 4.90 Å². The standard InChI is InChI=1S/C18H26N6O/c1-13-20-17-15(12-19-22(17)2)18(21-13)24-9-5-14(6-10-24)11-16(25)23-7-3-4-8-23/h12,14H,3-11H2,1-2H3. The predicted molar refractivity (Wildman–Crippen MR) is 96.4 cm³/mol. The van der Waals surface area contributed by atoms with Crippen LogP contribution in [0.4, 0.5) is 5.82 Å². The third-order valence-corrected chi connectivity index (χ3v) is 5.52. The number of hydrogen-bond acceptors (Lipinski definition) is 5. The summed E-state index contributed by atoms with van der Waals surface area (Å²) in [5.74, 6) is 2.61. The molecule has 0 aliphatic carbocycles. The van der Waals surface area contributed by atoms with Gasteiger partial charge in [-0.2, -0.15) is 5.10 Å². The van der Waals surface area contributed by atoms with Crippen LogP contribution >= 0.6 is 0 Å². The van der Waals surface area contributed by atoms with Crippen molar-refractivity contribution in [1.29, 1.82) is 0 Å². The Bertz CT molecular complexity index is 771. The highest BCUT2D eigenvalue weighted by Crippen LogP contribution is 2.29. The monoisotopic (exact) mass is 342 g/mol. The van der Waals surface area contributed by atoms with E-state index in [0.29, 0.717) is 18.2 Å². The number of likely N-dealkylation sites (tertiary alicyclic amines) is 1. The van der Waals surface area contributed by atoms with E-state index in [2.05, 4.69) is 20.0 Å². The van der Waals surface area contributed by atoms with Crippen molar-refractivity contribution in [1.82, 2.24) is 24.6 Å². The molecular weight excluding hydrogens is 316 g/mol. The molecule has 7 heteroatoms. The van der Waals surface area contributed by atoms with E-state index in [1.807, 2.05) is 25.1 Å². The van der Waals surface area contributed by atoms with Gasteiger partial charge in [-0.3, -0.25) is 9.48 Å². The SMILES string of the molecule is Cc1nc(N2CCC(CC(=O)N3CCCC3)CC2)c2cnn(C)c2n1. The molecule has 2 aliphatic heterocycles. The van der Waals surface area contributed by atoms with Crippen molar-refractivity contribution < 1.29 is 4.79 Å². The van der Waals surface area contributed by atoms with E-state index < -0.39 is 0 Å². The summed E-state index contributed by atoms with van der Waals surface area (Å²) in [7, 11) is 1.91. The first-order valence-electron chi connectivity index (χ1n) is 9.31. The molecule has 0 aromatic carbocycles. The highest BCUT2D eigenvalue weighted by molar-refractivity contribution is 5.87. The maximum Gasteiger partial charge on any atom is 0.222 e. The summed E-state index contributed by atoms with van der Waals surface area (Å²) in [6, 6.07) is 0. The number of nitrogens with zero attached hydrogens (tertiary/aromatic N) is 6. The van der Waals surface area contributed by atoms with Gasteiger partial charge in [-0.25, -0.2) is 9.97 Å². The number of fused-ring (bicyclic) bond motifs is 1. The van der Waals surface area contributed by atoms with Crippen LogP contribution in [0.5, 0.6) is 0 Å². The molecule has 0 saturated carbocycles. The number of carbonyl (C=O) groups is 1. The number of carbonyl (C=O) groups excluding carboxylic acids is 1. The van der Waals surface area contributed by atoms with Crippen molar-refractivity contribution in [3.8, 4) is 0 Å². The molecular formula is C18H26N6O. The number of amides is 1. The summed E-state index contributed by atoms with van der Waals surface area (Å²) < 4.78 is 1.80. The zero-order chi connectivity index (χ0) is 17.4. The molecule has 0 atom stereocenters. The molecule has 0 spiro atoms. The fourth-order valence-electron chi connectivity index (χ4n) is 4.05. The minimum atomic E-state index is 0.350. The Morgan fingerprint density at radius 3 is 2.60 bits per heavy atom. The predicted octanol–water partition coefficient (Wildman–Crippen LogP) is 1.90. The van der Waals surface area contributed by atoms with Crippen molar-refractivity contribution >= 4 is 22.8 Å². The summed E-state index contributed by atoms with van der Waals surface area (Å²) in [5, 5.41) is 5.34. The van der Waals surface area contributed by atoms with Gasteiger partial charge in [0.25, 0.3) is 0 Å². The first kappa shape index (κ1) is 16.3. The lowest BCUT2D eigenvalue weighted by molar-refractivity contribution is -0.131. The third-order valence-electron chi connectivity index (χ3n) is 5.52. The lowest BCUT2D eigenvalue weighted by Gasteiger charge is -2.33. The maximum atomic E-state index is 12.4. The molecule has 0 radical (unpaired) electrons. The average molecular weight is 342 g/mol. The fourth-order valence-corrected chi connectivity index (χ4v) is 4.05. The number of hydrogen-bond donors (Lipinski definition) is 0. The topological polar surface area (TPSA) is 67.2 Å². The van der Waals surface area contributed by atoms with Crippen molar-refractivity contribution in [3.63, 3.8) is 0 Å². The Morgan fingerprint density at radius 1 is 1.16 bits per heavy atom. The molecule has 2 fully saturated rings. The highest BCUT2D eigenvalue weighted by atomic mass is 16.2. The van der Waals surface area contributed by atoms with E-state index >= 15 is 0 Å². The maximum absolute atomic E-state index is 12.4. The lowest BCUT2D eigenvalue weighted by atomic mass is 9.93. The van der Waals surface area contributed by atoms with Gasteiger partial charge in [-0.05, 0) is 38.5 Å². The summed E-state index contributed by atoms with van der Waals surface area (Å²) in [6.45, 7) is 5.72. The molecule has 0 unspecified atom stereocenters. The largest absolute Gasteiger partial charge is 0.356 e. The van der Waals surface area contributed by atoms with Crippen molar-refractivity contribution in [2.45, 2.75) is 39.0 Å². The van der Waals surface area contributed by atoms with Gasteiger partial charge >= 0.3 is 0 Å². The van der Waals surface area contributed by atoms with Crippen LogP contribution in [0.2, 0.25) is 0 Å². The number of rotatable bonds is 3. The van der Waals surface area contributed by atoms with Crippen molar-refractivity contribution in [2.24, 2.45) is 13.0 Å². The molecule has 2 aromatic heterocycles. The van der Waals surface area contributed by atoms with Gasteiger partial charge < -0.3 is 9.80 Å². The Labute approximate surface area is 148 Å². The van der Waals surface area contributed by atoms with Crippen LogP contribution in [-0.4, -0.2) is 56.7 Å². The summed E-state index contributed by atoms with van der Waals surface area (Å²) >= 11 is 0. The molecule has 134 valence electrons. The molecule has 4 heterocycles. The molecule has 0 N–H and O–H groups in total. The second-order valence-electron chi connectivity index (χ2n) is 7.32. The molecule has 0 bridgehead atoms. The number of anilines is 1. The summed E-state index contributed by atoms with van der Waals surface area (Å²) in [6.07, 6.45) is 6.98. The number of aryl methyl sites for hydroxylation is 2. The van der Waals surface area contributed by atoms with Crippen molar-refractivity contribution in [2.75, 3.05) is 31.1 Å². The Balaban J connectivity index is 1.43. The molecule has 1 amide bonds. The van der Waals surface area contributed by atoms with E-state index in [4.69, 9.17) is 0 Å². The van der Waals surface area contributed by atoms with Crippen LogP contribution in [0.3, 0.4) is 0 Å². The van der Waals surface area contributed by atoms with Crippen LogP contribution in [-0.2, 0) is 11.8 Å². The van der Waals surface area contributed by atoms with Gasteiger partial charge in [0.15, 0.2) is 5.65 Å². The molecule has 2 aromatic rings. The molecule has 7 nitrogen and oxygen atoms in total. The first-order chi connectivity index (χ1) is 12.1. The van der Waals surface area contributed by atoms with Crippen LogP contribution in [0.1, 0.15) is 37.9 Å². The molecule has 2 saturated heterocycles. The van der Waals surface area contributed by atoms with Gasteiger partial charge in [0, 0.05) is 39.6 Å². The number of piperidine rings is 1. The Morgan fingerprint density at radius 2 is 1.88 bits per heavy atom. The first-order valence-corrected chi connectivity index (χ1v) is 9.31. The Hall–Kier alpha value is -2.18. The average Bonchev–Trinajstić information content (AvgIpc) is 3.26. The normalized spacial score (nSPS) is 19.1. The fraction of sp³-hybridized carbons (Fsp3) is 0.667. The van der Waals surface area contributed by atoms with Gasteiger partial charge in [-0.15, -0.1) is 0 Å². The quantitative estimate of drug-likeness (QED) is 0.852. The summed E-state index contributed by atoms with van der Waals surface area (Å²) in [5.41, 5.74) is 0.883. The van der Waals surface area contributed by atoms with E-state index in [0.717, 1.165) is 61.7 Å². The van der Waals surface area contributed by atoms with Gasteiger partial charge in [0.2, 0.25) is 5.91 Å². The van der Waals surface area contributed by atoms with Crippen LogP contribution in [0.25, 0.3) is 11.0 Å². The highest BCUT2D eigenvalue weighted by Gasteiger charge is 2.27. The summed E-state index contributed by atoms with van der Waals surface area (Å²) in [4.78, 5) is 25.9. The smallest absolute Gasteiger partial charge is 0.222 e. The van der Waals surface area contributed by atoms with Crippen LogP contribution in [0.15, 0.2) is 6.20 Å². The lowest BCUT2D eigenvalue weighted by Crippen LogP contribution is -2.37. The van der Waals surface area contributed by atoms with Crippen molar-refractivity contribution in [3.05, 3.63) is 12.0 Å². The van der Waals surface area contributed by atoms with E-state index in [-0.39, 0.29) is 0 Å². The number of aromatic nitrogens is 4. The zero-order valence-electron chi connectivity index (χ0n) is 15.1. The van der Waals surface area contributed by atoms with Gasteiger partial charge in [0.05, 0.1) is 11.6 Å². The van der Waals surface area contributed by atoms with E-state index in [9.17, 15) is 4.79 Å². The van der Waals surface area contributed by atoms with Crippen LogP contribution in [0, 0.1) is 12.8 Å². The minimum Gasteiger partial charge on any atom is -0.356 e.